The van der Waals surface area contributed by atoms with Crippen LogP contribution in [-0.2, 0) is 6.54 Å². The average molecular weight is 343 g/mol. The van der Waals surface area contributed by atoms with E-state index < -0.39 is 0 Å². The summed E-state index contributed by atoms with van der Waals surface area (Å²) in [7, 11) is 0. The second-order valence-corrected chi connectivity index (χ2v) is 6.21. The van der Waals surface area contributed by atoms with Gasteiger partial charge in [0, 0.05) is 31.4 Å². The van der Waals surface area contributed by atoms with E-state index in [0.717, 1.165) is 18.7 Å². The van der Waals surface area contributed by atoms with Gasteiger partial charge >= 0.3 is 0 Å². The highest BCUT2D eigenvalue weighted by molar-refractivity contribution is 6.30. The second-order valence-electron chi connectivity index (χ2n) is 5.78. The van der Waals surface area contributed by atoms with Crippen LogP contribution in [0.3, 0.4) is 0 Å². The Labute approximate surface area is 140 Å². The van der Waals surface area contributed by atoms with Crippen molar-refractivity contribution in [3.63, 3.8) is 0 Å². The topological polar surface area (TPSA) is 63.6 Å². The SMILES string of the molecule is CC1CC(CN)CN1Cc1cc(=O)n2cc(Cl)ccc2n1.Cl. The van der Waals surface area contributed by atoms with Gasteiger partial charge in [-0.25, -0.2) is 4.98 Å². The van der Waals surface area contributed by atoms with E-state index in [2.05, 4.69) is 16.8 Å². The number of aromatic nitrogens is 2. The Kier molecular flexibility index (Phi) is 5.45. The number of nitrogens with zero attached hydrogens (tertiary/aromatic N) is 3. The first-order valence-electron chi connectivity index (χ1n) is 7.19. The molecule has 0 amide bonds. The third kappa shape index (κ3) is 3.43. The Morgan fingerprint density at radius 1 is 1.45 bits per heavy atom. The minimum absolute atomic E-state index is 0. The molecule has 2 unspecified atom stereocenters. The maximum absolute atomic E-state index is 12.2. The number of nitrogens with two attached hydrogens (primary N) is 1. The number of hydrogen-bond donors (Lipinski definition) is 1. The summed E-state index contributed by atoms with van der Waals surface area (Å²) in [4.78, 5) is 19.0. The fraction of sp³-hybridized carbons (Fsp3) is 0.467. The molecule has 0 aliphatic carbocycles. The van der Waals surface area contributed by atoms with Crippen molar-refractivity contribution < 1.29 is 0 Å². The molecule has 0 aromatic carbocycles. The normalized spacial score (nSPS) is 22.0. The predicted octanol–water partition coefficient (Wildman–Crippen LogP) is 1.94. The molecule has 22 heavy (non-hydrogen) atoms. The fourth-order valence-corrected chi connectivity index (χ4v) is 3.18. The summed E-state index contributed by atoms with van der Waals surface area (Å²) in [5.74, 6) is 0.542. The van der Waals surface area contributed by atoms with Crippen molar-refractivity contribution in [2.45, 2.75) is 25.9 Å². The van der Waals surface area contributed by atoms with Gasteiger partial charge in [-0.05, 0) is 37.9 Å². The molecule has 2 aromatic rings. The van der Waals surface area contributed by atoms with Crippen LogP contribution in [0.15, 0.2) is 29.2 Å². The van der Waals surface area contributed by atoms with Crippen LogP contribution in [0.4, 0.5) is 0 Å². The molecule has 0 bridgehead atoms. The highest BCUT2D eigenvalue weighted by Gasteiger charge is 2.28. The molecule has 7 heteroatoms. The largest absolute Gasteiger partial charge is 0.330 e. The highest BCUT2D eigenvalue weighted by Crippen LogP contribution is 2.23. The zero-order valence-electron chi connectivity index (χ0n) is 12.4. The third-order valence-corrected chi connectivity index (χ3v) is 4.39. The molecule has 0 saturated carbocycles. The fourth-order valence-electron chi connectivity index (χ4n) is 3.02. The molecule has 1 aliphatic heterocycles. The molecule has 5 nitrogen and oxygen atoms in total. The van der Waals surface area contributed by atoms with E-state index >= 15 is 0 Å². The van der Waals surface area contributed by atoms with Gasteiger partial charge in [0.15, 0.2) is 0 Å². The lowest BCUT2D eigenvalue weighted by Crippen LogP contribution is -2.29. The van der Waals surface area contributed by atoms with Crippen molar-refractivity contribution in [3.05, 3.63) is 45.5 Å². The van der Waals surface area contributed by atoms with Crippen molar-refractivity contribution in [3.8, 4) is 0 Å². The summed E-state index contributed by atoms with van der Waals surface area (Å²) < 4.78 is 1.47. The van der Waals surface area contributed by atoms with Crippen molar-refractivity contribution >= 4 is 29.7 Å². The van der Waals surface area contributed by atoms with Crippen LogP contribution in [0.1, 0.15) is 19.0 Å². The summed E-state index contributed by atoms with van der Waals surface area (Å²) in [6.45, 7) is 4.57. The molecule has 1 fully saturated rings. The van der Waals surface area contributed by atoms with Crippen LogP contribution in [0, 0.1) is 5.92 Å². The monoisotopic (exact) mass is 342 g/mol. The Balaban J connectivity index is 0.00000176. The Hall–Kier alpha value is -1.14. The highest BCUT2D eigenvalue weighted by atomic mass is 35.5. The first-order chi connectivity index (χ1) is 10.1. The smallest absolute Gasteiger partial charge is 0.258 e. The average Bonchev–Trinajstić information content (AvgIpc) is 2.80. The van der Waals surface area contributed by atoms with E-state index in [4.69, 9.17) is 17.3 Å². The van der Waals surface area contributed by atoms with Crippen LogP contribution >= 0.6 is 24.0 Å². The molecule has 2 aromatic heterocycles. The van der Waals surface area contributed by atoms with Gasteiger partial charge in [-0.3, -0.25) is 14.1 Å². The lowest BCUT2D eigenvalue weighted by Gasteiger charge is -2.20. The number of fused-ring (bicyclic) bond motifs is 1. The van der Waals surface area contributed by atoms with Gasteiger partial charge in [0.1, 0.15) is 5.65 Å². The van der Waals surface area contributed by atoms with E-state index in [0.29, 0.717) is 35.7 Å². The number of rotatable bonds is 3. The molecule has 1 aliphatic rings. The first kappa shape index (κ1) is 17.2. The summed E-state index contributed by atoms with van der Waals surface area (Å²) in [5.41, 5.74) is 7.09. The Morgan fingerprint density at radius 2 is 2.23 bits per heavy atom. The molecule has 1 saturated heterocycles. The second kappa shape index (κ2) is 6.96. The minimum Gasteiger partial charge on any atom is -0.330 e. The van der Waals surface area contributed by atoms with Crippen LogP contribution in [-0.4, -0.2) is 33.4 Å². The molecule has 120 valence electrons. The van der Waals surface area contributed by atoms with Gasteiger partial charge in [0.25, 0.3) is 5.56 Å². The molecule has 2 atom stereocenters. The standard InChI is InChI=1S/C15H19ClN4O.ClH/c1-10-4-11(6-17)7-19(10)9-13-5-15(21)20-8-12(16)2-3-14(20)18-13;/h2-3,5,8,10-11H,4,6-7,9,17H2,1H3;1H. The molecule has 0 spiro atoms. The van der Waals surface area contributed by atoms with Crippen molar-refractivity contribution in [1.29, 1.82) is 0 Å². The van der Waals surface area contributed by atoms with E-state index in [1.54, 1.807) is 24.4 Å². The Morgan fingerprint density at radius 3 is 2.91 bits per heavy atom. The van der Waals surface area contributed by atoms with Crippen LogP contribution in [0.2, 0.25) is 5.02 Å². The van der Waals surface area contributed by atoms with Gasteiger partial charge < -0.3 is 5.73 Å². The minimum atomic E-state index is -0.0975. The van der Waals surface area contributed by atoms with E-state index in [9.17, 15) is 4.79 Å². The maximum atomic E-state index is 12.2. The molecule has 0 radical (unpaired) electrons. The first-order valence-corrected chi connectivity index (χ1v) is 7.56. The number of pyridine rings is 1. The van der Waals surface area contributed by atoms with E-state index in [1.165, 1.54) is 4.40 Å². The van der Waals surface area contributed by atoms with E-state index in [-0.39, 0.29) is 18.0 Å². The third-order valence-electron chi connectivity index (χ3n) is 4.17. The quantitative estimate of drug-likeness (QED) is 0.925. The van der Waals surface area contributed by atoms with Crippen LogP contribution < -0.4 is 11.3 Å². The Bertz CT molecular complexity index is 718. The zero-order chi connectivity index (χ0) is 15.0. The van der Waals surface area contributed by atoms with Crippen LogP contribution in [0.5, 0.6) is 0 Å². The van der Waals surface area contributed by atoms with Gasteiger partial charge in [0.05, 0.1) is 10.7 Å². The van der Waals surface area contributed by atoms with Crippen molar-refractivity contribution in [2.24, 2.45) is 11.7 Å². The number of halogens is 2. The van der Waals surface area contributed by atoms with E-state index in [1.807, 2.05) is 0 Å². The molecule has 3 rings (SSSR count). The predicted molar refractivity (Wildman–Crippen MR) is 90.8 cm³/mol. The number of hydrogen-bond acceptors (Lipinski definition) is 4. The van der Waals surface area contributed by atoms with Crippen molar-refractivity contribution in [1.82, 2.24) is 14.3 Å². The van der Waals surface area contributed by atoms with Gasteiger partial charge in [0.2, 0.25) is 0 Å². The van der Waals surface area contributed by atoms with Gasteiger partial charge in [-0.1, -0.05) is 11.6 Å². The summed E-state index contributed by atoms with van der Waals surface area (Å²) in [6, 6.07) is 5.58. The molecular weight excluding hydrogens is 323 g/mol. The van der Waals surface area contributed by atoms with Gasteiger partial charge in [-0.15, -0.1) is 12.4 Å². The molecule has 2 N–H and O–H groups in total. The van der Waals surface area contributed by atoms with Crippen LogP contribution in [0.25, 0.3) is 5.65 Å². The molecular formula is C15H20Cl2N4O. The lowest BCUT2D eigenvalue weighted by molar-refractivity contribution is 0.253. The zero-order valence-corrected chi connectivity index (χ0v) is 14.0. The van der Waals surface area contributed by atoms with Gasteiger partial charge in [-0.2, -0.15) is 0 Å². The maximum Gasteiger partial charge on any atom is 0.258 e. The molecule has 3 heterocycles. The summed E-state index contributed by atoms with van der Waals surface area (Å²) in [5, 5.41) is 0.526. The lowest BCUT2D eigenvalue weighted by atomic mass is 10.1. The summed E-state index contributed by atoms with van der Waals surface area (Å²) in [6.07, 6.45) is 2.71. The number of likely N-dealkylation sites (tertiary alicyclic amines) is 1. The van der Waals surface area contributed by atoms with Crippen molar-refractivity contribution in [2.75, 3.05) is 13.1 Å². The summed E-state index contributed by atoms with van der Waals surface area (Å²) >= 11 is 5.91.